The number of nitriles is 1. The van der Waals surface area contributed by atoms with Crippen LogP contribution in [-0.4, -0.2) is 6.54 Å². The minimum absolute atomic E-state index is 0.660. The Morgan fingerprint density at radius 2 is 2.36 bits per heavy atom. The number of benzene rings is 1. The van der Waals surface area contributed by atoms with Gasteiger partial charge in [-0.1, -0.05) is 23.7 Å². The summed E-state index contributed by atoms with van der Waals surface area (Å²) in [4.78, 5) is 0. The Labute approximate surface area is 88.8 Å². The number of halogens is 1. The number of anilines is 1. The van der Waals surface area contributed by atoms with Gasteiger partial charge in [0.2, 0.25) is 0 Å². The Morgan fingerprint density at radius 1 is 1.57 bits per heavy atom. The topological polar surface area (TPSA) is 35.8 Å². The first-order chi connectivity index (χ1) is 6.77. The first kappa shape index (κ1) is 10.6. The molecule has 72 valence electrons. The third-order valence-corrected chi connectivity index (χ3v) is 2.04. The van der Waals surface area contributed by atoms with Gasteiger partial charge in [-0.15, -0.1) is 0 Å². The van der Waals surface area contributed by atoms with Gasteiger partial charge in [-0.25, -0.2) is 0 Å². The molecule has 0 amide bonds. The highest BCUT2D eigenvalue weighted by atomic mass is 35.5. The van der Waals surface area contributed by atoms with Crippen molar-refractivity contribution >= 4 is 17.3 Å². The SMILES string of the molecule is Cc1ccc(C#N)cc1NC/C=C/Cl. The van der Waals surface area contributed by atoms with Crippen LogP contribution in [0.4, 0.5) is 5.69 Å². The minimum Gasteiger partial charge on any atom is -0.381 e. The molecule has 1 N–H and O–H groups in total. The van der Waals surface area contributed by atoms with Crippen molar-refractivity contribution in [1.82, 2.24) is 0 Å². The van der Waals surface area contributed by atoms with Gasteiger partial charge in [0.05, 0.1) is 11.6 Å². The molecule has 0 aromatic heterocycles. The summed E-state index contributed by atoms with van der Waals surface area (Å²) in [6.45, 7) is 2.66. The van der Waals surface area contributed by atoms with E-state index in [2.05, 4.69) is 11.4 Å². The molecule has 0 bridgehead atoms. The summed E-state index contributed by atoms with van der Waals surface area (Å²) in [5.41, 5.74) is 4.22. The predicted molar refractivity (Wildman–Crippen MR) is 59.4 cm³/mol. The second-order valence-electron chi connectivity index (χ2n) is 2.88. The number of nitrogens with zero attached hydrogens (tertiary/aromatic N) is 1. The first-order valence-electron chi connectivity index (χ1n) is 4.27. The van der Waals surface area contributed by atoms with E-state index in [0.29, 0.717) is 12.1 Å². The molecule has 0 spiro atoms. The van der Waals surface area contributed by atoms with Crippen molar-refractivity contribution in [3.8, 4) is 6.07 Å². The number of rotatable bonds is 3. The minimum atomic E-state index is 0.660. The van der Waals surface area contributed by atoms with E-state index in [-0.39, 0.29) is 0 Å². The van der Waals surface area contributed by atoms with E-state index in [1.807, 2.05) is 19.1 Å². The second-order valence-corrected chi connectivity index (χ2v) is 3.14. The summed E-state index contributed by atoms with van der Waals surface area (Å²) in [7, 11) is 0. The molecule has 1 aromatic rings. The highest BCUT2D eigenvalue weighted by Crippen LogP contribution is 2.15. The normalized spacial score (nSPS) is 10.1. The van der Waals surface area contributed by atoms with Crippen LogP contribution >= 0.6 is 11.6 Å². The van der Waals surface area contributed by atoms with E-state index in [1.54, 1.807) is 12.1 Å². The van der Waals surface area contributed by atoms with E-state index in [9.17, 15) is 0 Å². The van der Waals surface area contributed by atoms with Crippen LogP contribution in [0.15, 0.2) is 29.8 Å². The van der Waals surface area contributed by atoms with Gasteiger partial charge in [0.25, 0.3) is 0 Å². The van der Waals surface area contributed by atoms with Crippen LogP contribution in [0.3, 0.4) is 0 Å². The van der Waals surface area contributed by atoms with Crippen LogP contribution in [0.5, 0.6) is 0 Å². The number of aryl methyl sites for hydroxylation is 1. The fourth-order valence-electron chi connectivity index (χ4n) is 1.10. The monoisotopic (exact) mass is 206 g/mol. The fourth-order valence-corrected chi connectivity index (χ4v) is 1.18. The largest absolute Gasteiger partial charge is 0.381 e. The van der Waals surface area contributed by atoms with Gasteiger partial charge >= 0.3 is 0 Å². The van der Waals surface area contributed by atoms with Gasteiger partial charge in [0, 0.05) is 17.8 Å². The molecule has 0 saturated carbocycles. The molecule has 14 heavy (non-hydrogen) atoms. The van der Waals surface area contributed by atoms with Gasteiger partial charge in [-0.05, 0) is 24.6 Å². The third kappa shape index (κ3) is 2.79. The van der Waals surface area contributed by atoms with Crippen LogP contribution in [-0.2, 0) is 0 Å². The number of hydrogen-bond donors (Lipinski definition) is 1. The van der Waals surface area contributed by atoms with Gasteiger partial charge in [0.1, 0.15) is 0 Å². The van der Waals surface area contributed by atoms with E-state index < -0.39 is 0 Å². The summed E-state index contributed by atoms with van der Waals surface area (Å²) < 4.78 is 0. The smallest absolute Gasteiger partial charge is 0.0992 e. The Morgan fingerprint density at radius 3 is 3.00 bits per heavy atom. The zero-order valence-corrected chi connectivity index (χ0v) is 8.67. The molecule has 1 rings (SSSR count). The summed E-state index contributed by atoms with van der Waals surface area (Å²) in [5.74, 6) is 0. The lowest BCUT2D eigenvalue weighted by atomic mass is 10.1. The average Bonchev–Trinajstić information content (AvgIpc) is 2.21. The zero-order chi connectivity index (χ0) is 10.4. The summed E-state index contributed by atoms with van der Waals surface area (Å²) in [6, 6.07) is 7.66. The van der Waals surface area contributed by atoms with E-state index in [4.69, 9.17) is 16.9 Å². The first-order valence-corrected chi connectivity index (χ1v) is 4.71. The standard InChI is InChI=1S/C11H11ClN2/c1-9-3-4-10(8-13)7-11(9)14-6-2-5-12/h2-5,7,14H,6H2,1H3/b5-2+. The molecule has 3 heteroatoms. The van der Waals surface area contributed by atoms with Crippen LogP contribution in [0.25, 0.3) is 0 Å². The predicted octanol–water partition coefficient (Wildman–Crippen LogP) is 3.03. The second kappa shape index (κ2) is 5.31. The van der Waals surface area contributed by atoms with Crippen molar-refractivity contribution in [2.24, 2.45) is 0 Å². The molecular weight excluding hydrogens is 196 g/mol. The molecule has 0 aliphatic carbocycles. The molecule has 0 aliphatic heterocycles. The highest BCUT2D eigenvalue weighted by molar-refractivity contribution is 6.25. The van der Waals surface area contributed by atoms with Gasteiger partial charge in [-0.2, -0.15) is 5.26 Å². The molecule has 2 nitrogen and oxygen atoms in total. The Bertz CT molecular complexity index is 377. The molecule has 0 fully saturated rings. The van der Waals surface area contributed by atoms with E-state index >= 15 is 0 Å². The van der Waals surface area contributed by atoms with Gasteiger partial charge in [0.15, 0.2) is 0 Å². The molecule has 0 heterocycles. The quantitative estimate of drug-likeness (QED) is 0.825. The lowest BCUT2D eigenvalue weighted by Gasteiger charge is -2.07. The van der Waals surface area contributed by atoms with Gasteiger partial charge in [-0.3, -0.25) is 0 Å². The van der Waals surface area contributed by atoms with Crippen LogP contribution in [0.1, 0.15) is 11.1 Å². The number of nitrogens with one attached hydrogen (secondary N) is 1. The Balaban J connectivity index is 2.80. The molecular formula is C11H11ClN2. The molecule has 1 aromatic carbocycles. The Hall–Kier alpha value is -1.46. The van der Waals surface area contributed by atoms with Crippen LogP contribution < -0.4 is 5.32 Å². The van der Waals surface area contributed by atoms with Crippen molar-refractivity contribution in [1.29, 1.82) is 5.26 Å². The van der Waals surface area contributed by atoms with Crippen LogP contribution in [0, 0.1) is 18.3 Å². The lowest BCUT2D eigenvalue weighted by Crippen LogP contribution is -2.00. The summed E-state index contributed by atoms with van der Waals surface area (Å²) >= 11 is 5.39. The van der Waals surface area contributed by atoms with E-state index in [1.165, 1.54) is 5.54 Å². The lowest BCUT2D eigenvalue weighted by molar-refractivity contribution is 1.30. The molecule has 0 atom stereocenters. The van der Waals surface area contributed by atoms with Crippen molar-refractivity contribution in [3.05, 3.63) is 40.9 Å². The van der Waals surface area contributed by atoms with Crippen molar-refractivity contribution in [2.45, 2.75) is 6.92 Å². The van der Waals surface area contributed by atoms with Crippen molar-refractivity contribution in [2.75, 3.05) is 11.9 Å². The fraction of sp³-hybridized carbons (Fsp3) is 0.182. The molecule has 0 unspecified atom stereocenters. The van der Waals surface area contributed by atoms with Crippen molar-refractivity contribution < 1.29 is 0 Å². The van der Waals surface area contributed by atoms with Crippen molar-refractivity contribution in [3.63, 3.8) is 0 Å². The average molecular weight is 207 g/mol. The maximum Gasteiger partial charge on any atom is 0.0992 e. The summed E-state index contributed by atoms with van der Waals surface area (Å²) in [5, 5.41) is 11.9. The third-order valence-electron chi connectivity index (χ3n) is 1.87. The zero-order valence-electron chi connectivity index (χ0n) is 7.92. The maximum absolute atomic E-state index is 8.71. The molecule has 0 saturated heterocycles. The maximum atomic E-state index is 8.71. The molecule has 0 aliphatic rings. The molecule has 0 radical (unpaired) electrons. The Kier molecular flexibility index (Phi) is 4.03. The van der Waals surface area contributed by atoms with Gasteiger partial charge < -0.3 is 5.32 Å². The highest BCUT2D eigenvalue weighted by Gasteiger charge is 1.97. The summed E-state index contributed by atoms with van der Waals surface area (Å²) in [6.07, 6.45) is 1.81. The number of hydrogen-bond acceptors (Lipinski definition) is 2. The van der Waals surface area contributed by atoms with Crippen LogP contribution in [0.2, 0.25) is 0 Å². The van der Waals surface area contributed by atoms with E-state index in [0.717, 1.165) is 11.3 Å².